The van der Waals surface area contributed by atoms with Gasteiger partial charge in [0, 0.05) is 31.2 Å². The molecule has 1 atom stereocenters. The molecule has 0 bridgehead atoms. The number of aliphatic hydroxyl groups is 1. The van der Waals surface area contributed by atoms with Crippen LogP contribution in [0.4, 0.5) is 5.69 Å². The SMILES string of the molecule is CCOc1ccc(NC(=O)C(=O)NCCC(O)c2cccn2C)cc1. The van der Waals surface area contributed by atoms with Gasteiger partial charge >= 0.3 is 11.8 Å². The number of aryl methyl sites for hydroxylation is 1. The number of carbonyl (C=O) groups is 2. The van der Waals surface area contributed by atoms with Crippen LogP contribution in [0.3, 0.4) is 0 Å². The van der Waals surface area contributed by atoms with E-state index in [1.165, 1.54) is 0 Å². The molecule has 1 heterocycles. The van der Waals surface area contributed by atoms with Crippen molar-refractivity contribution < 1.29 is 19.4 Å². The molecular formula is C18H23N3O4. The Morgan fingerprint density at radius 1 is 1.20 bits per heavy atom. The molecule has 0 saturated carbocycles. The first-order valence-electron chi connectivity index (χ1n) is 8.12. The Labute approximate surface area is 146 Å². The number of hydrogen-bond acceptors (Lipinski definition) is 4. The van der Waals surface area contributed by atoms with Crippen LogP contribution in [0.2, 0.25) is 0 Å². The monoisotopic (exact) mass is 345 g/mol. The number of nitrogens with zero attached hydrogens (tertiary/aromatic N) is 1. The molecular weight excluding hydrogens is 322 g/mol. The molecule has 2 rings (SSSR count). The second-order valence-electron chi connectivity index (χ2n) is 5.52. The van der Waals surface area contributed by atoms with E-state index in [0.717, 1.165) is 5.69 Å². The molecule has 0 aliphatic carbocycles. The zero-order chi connectivity index (χ0) is 18.2. The molecule has 0 aliphatic rings. The van der Waals surface area contributed by atoms with E-state index in [-0.39, 0.29) is 6.54 Å². The van der Waals surface area contributed by atoms with Crippen LogP contribution in [-0.4, -0.2) is 34.6 Å². The van der Waals surface area contributed by atoms with Crippen LogP contribution in [0.25, 0.3) is 0 Å². The van der Waals surface area contributed by atoms with Crippen molar-refractivity contribution in [3.63, 3.8) is 0 Å². The minimum absolute atomic E-state index is 0.196. The summed E-state index contributed by atoms with van der Waals surface area (Å²) in [5.74, 6) is -0.801. The lowest BCUT2D eigenvalue weighted by Crippen LogP contribution is -2.36. The lowest BCUT2D eigenvalue weighted by atomic mass is 10.2. The van der Waals surface area contributed by atoms with Crippen molar-refractivity contribution in [1.29, 1.82) is 0 Å². The van der Waals surface area contributed by atoms with Crippen LogP contribution in [-0.2, 0) is 16.6 Å². The first-order valence-corrected chi connectivity index (χ1v) is 8.12. The minimum atomic E-state index is -0.752. The zero-order valence-corrected chi connectivity index (χ0v) is 14.4. The van der Waals surface area contributed by atoms with Gasteiger partial charge in [-0.25, -0.2) is 0 Å². The molecule has 2 aromatic rings. The Balaban J connectivity index is 1.76. The molecule has 0 radical (unpaired) electrons. The molecule has 134 valence electrons. The topological polar surface area (TPSA) is 92.6 Å². The predicted molar refractivity (Wildman–Crippen MR) is 94.2 cm³/mol. The van der Waals surface area contributed by atoms with Crippen molar-refractivity contribution in [2.24, 2.45) is 7.05 Å². The average molecular weight is 345 g/mol. The summed E-state index contributed by atoms with van der Waals surface area (Å²) in [6.45, 7) is 2.64. The highest BCUT2D eigenvalue weighted by molar-refractivity contribution is 6.39. The number of nitrogens with one attached hydrogen (secondary N) is 2. The normalized spacial score (nSPS) is 11.6. The molecule has 7 nitrogen and oxygen atoms in total. The summed E-state index contributed by atoms with van der Waals surface area (Å²) in [7, 11) is 1.83. The van der Waals surface area contributed by atoms with Crippen LogP contribution in [0.1, 0.15) is 25.1 Å². The van der Waals surface area contributed by atoms with Crippen LogP contribution < -0.4 is 15.4 Å². The summed E-state index contributed by atoms with van der Waals surface area (Å²) in [4.78, 5) is 23.7. The van der Waals surface area contributed by atoms with Gasteiger partial charge in [0.2, 0.25) is 0 Å². The molecule has 1 aromatic carbocycles. The Kier molecular flexibility index (Phi) is 6.59. The quantitative estimate of drug-likeness (QED) is 0.665. The van der Waals surface area contributed by atoms with E-state index in [4.69, 9.17) is 4.74 Å². The number of hydrogen-bond donors (Lipinski definition) is 3. The van der Waals surface area contributed by atoms with Gasteiger partial charge in [0.15, 0.2) is 0 Å². The van der Waals surface area contributed by atoms with Gasteiger partial charge in [-0.1, -0.05) is 0 Å². The minimum Gasteiger partial charge on any atom is -0.494 e. The maximum atomic E-state index is 11.9. The van der Waals surface area contributed by atoms with Crippen molar-refractivity contribution in [2.45, 2.75) is 19.4 Å². The Bertz CT molecular complexity index is 709. The van der Waals surface area contributed by atoms with Gasteiger partial charge in [0.25, 0.3) is 0 Å². The summed E-state index contributed by atoms with van der Waals surface area (Å²) in [6, 6.07) is 10.4. The van der Waals surface area contributed by atoms with Crippen molar-refractivity contribution in [3.8, 4) is 5.75 Å². The number of carbonyl (C=O) groups excluding carboxylic acids is 2. The van der Waals surface area contributed by atoms with E-state index < -0.39 is 17.9 Å². The second-order valence-corrected chi connectivity index (χ2v) is 5.52. The third-order valence-electron chi connectivity index (χ3n) is 3.66. The Morgan fingerprint density at radius 3 is 2.52 bits per heavy atom. The molecule has 0 aliphatic heterocycles. The fraction of sp³-hybridized carbons (Fsp3) is 0.333. The van der Waals surface area contributed by atoms with Crippen LogP contribution in [0.15, 0.2) is 42.6 Å². The summed E-state index contributed by atoms with van der Waals surface area (Å²) in [5, 5.41) is 15.1. The summed E-state index contributed by atoms with van der Waals surface area (Å²) >= 11 is 0. The average Bonchev–Trinajstić information content (AvgIpc) is 3.02. The van der Waals surface area contributed by atoms with Gasteiger partial charge in [0.1, 0.15) is 5.75 Å². The molecule has 7 heteroatoms. The van der Waals surface area contributed by atoms with E-state index in [1.807, 2.05) is 36.9 Å². The van der Waals surface area contributed by atoms with Gasteiger partial charge in [0.05, 0.1) is 12.7 Å². The lowest BCUT2D eigenvalue weighted by molar-refractivity contribution is -0.136. The maximum absolute atomic E-state index is 11.9. The molecule has 25 heavy (non-hydrogen) atoms. The van der Waals surface area contributed by atoms with Gasteiger partial charge in [-0.05, 0) is 49.7 Å². The smallest absolute Gasteiger partial charge is 0.313 e. The van der Waals surface area contributed by atoms with Gasteiger partial charge in [-0.15, -0.1) is 0 Å². The molecule has 0 saturated heterocycles. The first-order chi connectivity index (χ1) is 12.0. The Hall–Kier alpha value is -2.80. The highest BCUT2D eigenvalue weighted by Crippen LogP contribution is 2.16. The number of aromatic nitrogens is 1. The number of anilines is 1. The van der Waals surface area contributed by atoms with Crippen molar-refractivity contribution >= 4 is 17.5 Å². The van der Waals surface area contributed by atoms with E-state index in [9.17, 15) is 14.7 Å². The molecule has 0 spiro atoms. The lowest BCUT2D eigenvalue weighted by Gasteiger charge is -2.12. The van der Waals surface area contributed by atoms with E-state index in [0.29, 0.717) is 24.5 Å². The fourth-order valence-electron chi connectivity index (χ4n) is 2.36. The molecule has 0 fully saturated rings. The maximum Gasteiger partial charge on any atom is 0.313 e. The summed E-state index contributed by atoms with van der Waals surface area (Å²) in [6.07, 6.45) is 1.45. The Morgan fingerprint density at radius 2 is 1.92 bits per heavy atom. The summed E-state index contributed by atoms with van der Waals surface area (Å²) in [5.41, 5.74) is 1.26. The largest absolute Gasteiger partial charge is 0.494 e. The van der Waals surface area contributed by atoms with Crippen LogP contribution in [0, 0.1) is 0 Å². The number of ether oxygens (including phenoxy) is 1. The van der Waals surface area contributed by atoms with Gasteiger partial charge in [-0.2, -0.15) is 0 Å². The molecule has 3 N–H and O–H groups in total. The predicted octanol–water partition coefficient (Wildman–Crippen LogP) is 1.60. The third-order valence-corrected chi connectivity index (χ3v) is 3.66. The number of aliphatic hydroxyl groups excluding tert-OH is 1. The number of rotatable bonds is 7. The highest BCUT2D eigenvalue weighted by atomic mass is 16.5. The third kappa shape index (κ3) is 5.36. The van der Waals surface area contributed by atoms with E-state index >= 15 is 0 Å². The standard InChI is InChI=1S/C18H23N3O4/c1-3-25-14-8-6-13(7-9-14)20-18(24)17(23)19-11-10-16(22)15-5-4-12-21(15)2/h4-9,12,16,22H,3,10-11H2,1-2H3,(H,19,23)(H,20,24). The molecule has 1 aromatic heterocycles. The fourth-order valence-corrected chi connectivity index (χ4v) is 2.36. The van der Waals surface area contributed by atoms with Gasteiger partial charge in [-0.3, -0.25) is 9.59 Å². The zero-order valence-electron chi connectivity index (χ0n) is 14.4. The van der Waals surface area contributed by atoms with Crippen LogP contribution in [0.5, 0.6) is 5.75 Å². The second kappa shape index (κ2) is 8.89. The van der Waals surface area contributed by atoms with Crippen molar-refractivity contribution in [1.82, 2.24) is 9.88 Å². The number of amides is 2. The molecule has 2 amide bonds. The van der Waals surface area contributed by atoms with Gasteiger partial charge < -0.3 is 25.0 Å². The van der Waals surface area contributed by atoms with Crippen molar-refractivity contribution in [2.75, 3.05) is 18.5 Å². The van der Waals surface area contributed by atoms with E-state index in [2.05, 4.69) is 10.6 Å². The van der Waals surface area contributed by atoms with E-state index in [1.54, 1.807) is 24.3 Å². The number of benzene rings is 1. The van der Waals surface area contributed by atoms with Crippen LogP contribution >= 0.6 is 0 Å². The molecule has 1 unspecified atom stereocenters. The highest BCUT2D eigenvalue weighted by Gasteiger charge is 2.15. The summed E-state index contributed by atoms with van der Waals surface area (Å²) < 4.78 is 7.12. The first kappa shape index (κ1) is 18.5. The van der Waals surface area contributed by atoms with Crippen molar-refractivity contribution in [3.05, 3.63) is 48.3 Å².